The molecule has 1 aromatic rings. The summed E-state index contributed by atoms with van der Waals surface area (Å²) in [5.74, 6) is 0.133. The maximum atomic E-state index is 12.2. The second-order valence-electron chi connectivity index (χ2n) is 6.96. The highest BCUT2D eigenvalue weighted by Crippen LogP contribution is 2.35. The van der Waals surface area contributed by atoms with Crippen molar-refractivity contribution in [2.75, 3.05) is 26.2 Å². The maximum absolute atomic E-state index is 12.2. The number of hydrogen-bond acceptors (Lipinski definition) is 3. The monoisotopic (exact) mass is 316 g/mol. The van der Waals surface area contributed by atoms with Crippen molar-refractivity contribution in [2.45, 2.75) is 50.7 Å². The fraction of sp³-hybridized carbons (Fsp3) is 0.632. The Balaban J connectivity index is 1.43. The van der Waals surface area contributed by atoms with Crippen molar-refractivity contribution in [2.24, 2.45) is 0 Å². The van der Waals surface area contributed by atoms with Gasteiger partial charge in [-0.3, -0.25) is 9.69 Å². The number of nitrogens with zero attached hydrogens (tertiary/aromatic N) is 1. The molecule has 2 fully saturated rings. The third-order valence-corrected chi connectivity index (χ3v) is 5.17. The van der Waals surface area contributed by atoms with E-state index in [0.717, 1.165) is 31.8 Å². The number of carbonyl (C=O) groups is 1. The summed E-state index contributed by atoms with van der Waals surface area (Å²) in [7, 11) is 0. The second-order valence-corrected chi connectivity index (χ2v) is 6.96. The van der Waals surface area contributed by atoms with Gasteiger partial charge in [0.25, 0.3) is 0 Å². The maximum Gasteiger partial charge on any atom is 0.221 e. The largest absolute Gasteiger partial charge is 0.372 e. The van der Waals surface area contributed by atoms with Gasteiger partial charge in [0, 0.05) is 26.1 Å². The molecule has 1 atom stereocenters. The lowest BCUT2D eigenvalue weighted by Crippen LogP contribution is -2.50. The Hall–Kier alpha value is -1.39. The van der Waals surface area contributed by atoms with Crippen molar-refractivity contribution >= 4 is 5.91 Å². The van der Waals surface area contributed by atoms with E-state index in [1.54, 1.807) is 0 Å². The summed E-state index contributed by atoms with van der Waals surface area (Å²) < 4.78 is 6.04. The van der Waals surface area contributed by atoms with E-state index < -0.39 is 0 Å². The number of benzene rings is 1. The van der Waals surface area contributed by atoms with Crippen LogP contribution in [0.2, 0.25) is 0 Å². The zero-order valence-electron chi connectivity index (χ0n) is 14.1. The van der Waals surface area contributed by atoms with Crippen LogP contribution < -0.4 is 5.32 Å². The Kier molecular flexibility index (Phi) is 5.34. The van der Waals surface area contributed by atoms with Crippen LogP contribution in [0.15, 0.2) is 30.3 Å². The Morgan fingerprint density at radius 2 is 2.04 bits per heavy atom. The number of nitrogens with one attached hydrogen (secondary N) is 1. The summed E-state index contributed by atoms with van der Waals surface area (Å²) in [6, 6.07) is 10.2. The zero-order valence-corrected chi connectivity index (χ0v) is 14.1. The molecule has 1 N–H and O–H groups in total. The number of carbonyl (C=O) groups excluding carboxylic acids is 1. The molecule has 1 aliphatic carbocycles. The second kappa shape index (κ2) is 7.45. The number of rotatable bonds is 5. The first-order valence-corrected chi connectivity index (χ1v) is 8.88. The fourth-order valence-electron chi connectivity index (χ4n) is 3.83. The number of hydrogen-bond donors (Lipinski definition) is 1. The molecule has 1 saturated heterocycles. The lowest BCUT2D eigenvalue weighted by Gasteiger charge is -2.40. The lowest BCUT2D eigenvalue weighted by molar-refractivity contribution is -0.125. The molecular weight excluding hydrogens is 288 g/mol. The smallest absolute Gasteiger partial charge is 0.221 e. The standard InChI is InChI=1S/C19H28N2O2/c1-16(17-7-3-2-4-8-17)20-18(22)9-12-21-13-14-23-19(15-21)10-5-6-11-19/h2-4,7-8,16H,5-6,9-15H2,1H3,(H,20,22)/t16-/m1/s1. The van der Waals surface area contributed by atoms with Gasteiger partial charge in [-0.1, -0.05) is 43.2 Å². The highest BCUT2D eigenvalue weighted by Gasteiger charge is 2.39. The van der Waals surface area contributed by atoms with Gasteiger partial charge in [-0.2, -0.15) is 0 Å². The first-order valence-electron chi connectivity index (χ1n) is 8.88. The molecule has 0 radical (unpaired) electrons. The number of ether oxygens (including phenoxy) is 1. The van der Waals surface area contributed by atoms with Gasteiger partial charge in [0.15, 0.2) is 0 Å². The summed E-state index contributed by atoms with van der Waals surface area (Å²) in [4.78, 5) is 14.6. The first kappa shape index (κ1) is 16.5. The predicted octanol–water partition coefficient (Wildman–Crippen LogP) is 2.90. The Morgan fingerprint density at radius 3 is 2.78 bits per heavy atom. The van der Waals surface area contributed by atoms with Crippen LogP contribution in [0.3, 0.4) is 0 Å². The van der Waals surface area contributed by atoms with Gasteiger partial charge in [-0.25, -0.2) is 0 Å². The Labute approximate surface area is 139 Å². The summed E-state index contributed by atoms with van der Waals surface area (Å²) in [5, 5.41) is 3.10. The van der Waals surface area contributed by atoms with Gasteiger partial charge in [-0.05, 0) is 25.3 Å². The quantitative estimate of drug-likeness (QED) is 0.908. The van der Waals surface area contributed by atoms with Crippen molar-refractivity contribution in [3.8, 4) is 0 Å². The molecule has 1 spiro atoms. The van der Waals surface area contributed by atoms with E-state index in [0.29, 0.717) is 6.42 Å². The van der Waals surface area contributed by atoms with E-state index in [2.05, 4.69) is 22.3 Å². The van der Waals surface area contributed by atoms with E-state index in [9.17, 15) is 4.79 Å². The highest BCUT2D eigenvalue weighted by molar-refractivity contribution is 5.76. The van der Waals surface area contributed by atoms with Gasteiger partial charge < -0.3 is 10.1 Å². The Morgan fingerprint density at radius 1 is 1.30 bits per heavy atom. The highest BCUT2D eigenvalue weighted by atomic mass is 16.5. The molecule has 0 bridgehead atoms. The van der Waals surface area contributed by atoms with Crippen LogP contribution >= 0.6 is 0 Å². The summed E-state index contributed by atoms with van der Waals surface area (Å²) in [6.07, 6.45) is 5.49. The van der Waals surface area contributed by atoms with Crippen LogP contribution in [0.1, 0.15) is 50.6 Å². The van der Waals surface area contributed by atoms with E-state index >= 15 is 0 Å². The number of morpholine rings is 1. The molecule has 1 amide bonds. The van der Waals surface area contributed by atoms with Gasteiger partial charge in [0.1, 0.15) is 0 Å². The third kappa shape index (κ3) is 4.33. The van der Waals surface area contributed by atoms with Crippen LogP contribution in [-0.2, 0) is 9.53 Å². The third-order valence-electron chi connectivity index (χ3n) is 5.17. The van der Waals surface area contributed by atoms with Crippen molar-refractivity contribution in [1.29, 1.82) is 0 Å². The molecule has 23 heavy (non-hydrogen) atoms. The van der Waals surface area contributed by atoms with Crippen LogP contribution in [0.5, 0.6) is 0 Å². The molecule has 0 unspecified atom stereocenters. The SMILES string of the molecule is C[C@@H](NC(=O)CCN1CCOC2(CCCC2)C1)c1ccccc1. The summed E-state index contributed by atoms with van der Waals surface area (Å²) >= 11 is 0. The van der Waals surface area contributed by atoms with E-state index in [1.807, 2.05) is 25.1 Å². The lowest BCUT2D eigenvalue weighted by atomic mass is 9.99. The fourth-order valence-corrected chi connectivity index (χ4v) is 3.83. The molecule has 126 valence electrons. The van der Waals surface area contributed by atoms with Gasteiger partial charge >= 0.3 is 0 Å². The molecule has 1 saturated carbocycles. The average molecular weight is 316 g/mol. The van der Waals surface area contributed by atoms with Crippen molar-refractivity contribution in [1.82, 2.24) is 10.2 Å². The summed E-state index contributed by atoms with van der Waals surface area (Å²) in [5.41, 5.74) is 1.24. The molecule has 0 aromatic heterocycles. The van der Waals surface area contributed by atoms with Crippen molar-refractivity contribution in [3.05, 3.63) is 35.9 Å². The van der Waals surface area contributed by atoms with E-state index in [4.69, 9.17) is 4.74 Å². The Bertz CT molecular complexity index is 511. The molecule has 3 rings (SSSR count). The minimum Gasteiger partial charge on any atom is -0.372 e. The van der Waals surface area contributed by atoms with Crippen LogP contribution in [-0.4, -0.2) is 42.6 Å². The molecule has 4 heteroatoms. The molecule has 4 nitrogen and oxygen atoms in total. The number of amides is 1. The molecule has 1 heterocycles. The normalized spacial score (nSPS) is 22.1. The topological polar surface area (TPSA) is 41.6 Å². The van der Waals surface area contributed by atoms with Gasteiger partial charge in [-0.15, -0.1) is 0 Å². The molecule has 1 aromatic carbocycles. The first-order chi connectivity index (χ1) is 11.2. The van der Waals surface area contributed by atoms with E-state index in [1.165, 1.54) is 25.7 Å². The molecular formula is C19H28N2O2. The molecule has 1 aliphatic heterocycles. The van der Waals surface area contributed by atoms with Crippen molar-refractivity contribution in [3.63, 3.8) is 0 Å². The van der Waals surface area contributed by atoms with E-state index in [-0.39, 0.29) is 17.6 Å². The predicted molar refractivity (Wildman–Crippen MR) is 91.2 cm³/mol. The van der Waals surface area contributed by atoms with Gasteiger partial charge in [0.05, 0.1) is 18.2 Å². The zero-order chi connectivity index (χ0) is 16.1. The van der Waals surface area contributed by atoms with Crippen LogP contribution in [0, 0.1) is 0 Å². The summed E-state index contributed by atoms with van der Waals surface area (Å²) in [6.45, 7) is 5.62. The van der Waals surface area contributed by atoms with Crippen LogP contribution in [0.25, 0.3) is 0 Å². The minimum atomic E-state index is 0.0644. The average Bonchev–Trinajstić information content (AvgIpc) is 3.01. The minimum absolute atomic E-state index is 0.0644. The van der Waals surface area contributed by atoms with Crippen LogP contribution in [0.4, 0.5) is 0 Å². The molecule has 2 aliphatic rings. The van der Waals surface area contributed by atoms with Gasteiger partial charge in [0.2, 0.25) is 5.91 Å². The van der Waals surface area contributed by atoms with Crippen molar-refractivity contribution < 1.29 is 9.53 Å².